The van der Waals surface area contributed by atoms with Crippen molar-refractivity contribution < 1.29 is 0 Å². The van der Waals surface area contributed by atoms with Gasteiger partial charge in [-0.2, -0.15) is 0 Å². The van der Waals surface area contributed by atoms with Crippen LogP contribution in [0.4, 0.5) is 0 Å². The Kier molecular flexibility index (Phi) is 4.88. The monoisotopic (exact) mass is 270 g/mol. The highest BCUT2D eigenvalue weighted by molar-refractivity contribution is 5.16. The van der Waals surface area contributed by atoms with Gasteiger partial charge in [0.15, 0.2) is 0 Å². The molecular weight excluding hydrogens is 244 g/mol. The maximum absolute atomic E-state index is 3.67. The molecule has 1 heterocycles. The van der Waals surface area contributed by atoms with E-state index in [1.807, 2.05) is 0 Å². The van der Waals surface area contributed by atoms with E-state index in [0.29, 0.717) is 0 Å². The second-order valence-corrected chi connectivity index (χ2v) is 6.18. The van der Waals surface area contributed by atoms with Crippen LogP contribution >= 0.6 is 0 Å². The van der Waals surface area contributed by atoms with Gasteiger partial charge in [-0.25, -0.2) is 0 Å². The minimum atomic E-state index is 0.819. The van der Waals surface area contributed by atoms with Crippen LogP contribution in [0.15, 0.2) is 42.0 Å². The van der Waals surface area contributed by atoms with Gasteiger partial charge in [-0.1, -0.05) is 48.4 Å². The molecule has 2 heteroatoms. The molecule has 0 radical (unpaired) electrons. The van der Waals surface area contributed by atoms with E-state index in [0.717, 1.165) is 25.7 Å². The van der Waals surface area contributed by atoms with Gasteiger partial charge < -0.3 is 5.32 Å². The molecule has 2 nitrogen and oxygen atoms in total. The molecule has 1 aliphatic carbocycles. The Labute approximate surface area is 122 Å². The lowest BCUT2D eigenvalue weighted by Crippen LogP contribution is -2.36. The Morgan fingerprint density at radius 2 is 2.00 bits per heavy atom. The maximum Gasteiger partial charge on any atom is 0.0237 e. The summed E-state index contributed by atoms with van der Waals surface area (Å²) < 4.78 is 0. The number of nitrogens with one attached hydrogen (secondary N) is 1. The van der Waals surface area contributed by atoms with Gasteiger partial charge in [0.05, 0.1) is 0 Å². The average Bonchev–Trinajstić information content (AvgIpc) is 2.43. The molecule has 1 fully saturated rings. The summed E-state index contributed by atoms with van der Waals surface area (Å²) in [7, 11) is 0. The molecule has 0 aromatic heterocycles. The van der Waals surface area contributed by atoms with Gasteiger partial charge in [-0.05, 0) is 37.8 Å². The minimum Gasteiger partial charge on any atom is -0.314 e. The molecule has 0 unspecified atom stereocenters. The summed E-state index contributed by atoms with van der Waals surface area (Å²) >= 11 is 0. The summed E-state index contributed by atoms with van der Waals surface area (Å²) in [5, 5.41) is 3.67. The van der Waals surface area contributed by atoms with E-state index in [1.165, 1.54) is 44.2 Å². The first-order valence-electron chi connectivity index (χ1n) is 8.08. The van der Waals surface area contributed by atoms with E-state index in [1.54, 1.807) is 5.57 Å². The third-order valence-corrected chi connectivity index (χ3v) is 4.54. The molecule has 1 saturated carbocycles. The lowest BCUT2D eigenvalue weighted by Gasteiger charge is -2.29. The minimum absolute atomic E-state index is 0.819. The zero-order valence-corrected chi connectivity index (χ0v) is 12.4. The molecule has 0 bridgehead atoms. The van der Waals surface area contributed by atoms with Gasteiger partial charge in [0.2, 0.25) is 0 Å². The molecule has 3 rings (SSSR count). The van der Waals surface area contributed by atoms with E-state index >= 15 is 0 Å². The van der Waals surface area contributed by atoms with Crippen LogP contribution in [0.25, 0.3) is 0 Å². The van der Waals surface area contributed by atoms with Crippen molar-refractivity contribution in [3.63, 3.8) is 0 Å². The standard InChI is InChI=1S/C18H26N2/c1-2-6-16(7-3-1)14-20-13-5-8-17(15-20)11-12-19-18-9-4-10-18/h1-3,6-8,18-19H,4-5,9-15H2. The van der Waals surface area contributed by atoms with Crippen molar-refractivity contribution in [2.75, 3.05) is 19.6 Å². The van der Waals surface area contributed by atoms with Crippen LogP contribution in [0.3, 0.4) is 0 Å². The van der Waals surface area contributed by atoms with Gasteiger partial charge in [0.25, 0.3) is 0 Å². The molecule has 0 amide bonds. The van der Waals surface area contributed by atoms with E-state index in [2.05, 4.69) is 46.6 Å². The van der Waals surface area contributed by atoms with Crippen LogP contribution in [-0.2, 0) is 6.54 Å². The van der Waals surface area contributed by atoms with E-state index in [-0.39, 0.29) is 0 Å². The average molecular weight is 270 g/mol. The fourth-order valence-corrected chi connectivity index (χ4v) is 3.09. The Hall–Kier alpha value is -1.12. The largest absolute Gasteiger partial charge is 0.314 e. The smallest absolute Gasteiger partial charge is 0.0237 e. The van der Waals surface area contributed by atoms with E-state index < -0.39 is 0 Å². The first-order chi connectivity index (χ1) is 9.90. The fraction of sp³-hybridized carbons (Fsp3) is 0.556. The Balaban J connectivity index is 1.42. The molecular formula is C18H26N2. The van der Waals surface area contributed by atoms with Gasteiger partial charge in [0, 0.05) is 25.7 Å². The number of hydrogen-bond donors (Lipinski definition) is 1. The summed E-state index contributed by atoms with van der Waals surface area (Å²) in [6, 6.07) is 11.7. The summed E-state index contributed by atoms with van der Waals surface area (Å²) in [6.07, 6.45) is 9.10. The zero-order valence-electron chi connectivity index (χ0n) is 12.4. The summed E-state index contributed by atoms with van der Waals surface area (Å²) in [4.78, 5) is 2.58. The zero-order chi connectivity index (χ0) is 13.6. The molecule has 1 aliphatic heterocycles. The topological polar surface area (TPSA) is 15.3 Å². The Bertz CT molecular complexity index is 434. The lowest BCUT2D eigenvalue weighted by molar-refractivity contribution is 0.276. The number of rotatable bonds is 6. The molecule has 108 valence electrons. The first-order valence-corrected chi connectivity index (χ1v) is 8.08. The SMILES string of the molecule is C1=C(CCNC2CCC2)CN(Cc2ccccc2)CC1. The van der Waals surface area contributed by atoms with Crippen molar-refractivity contribution in [2.24, 2.45) is 0 Å². The molecule has 1 aromatic rings. The van der Waals surface area contributed by atoms with Gasteiger partial charge in [-0.15, -0.1) is 0 Å². The second kappa shape index (κ2) is 7.05. The summed E-state index contributed by atoms with van der Waals surface area (Å²) in [5.74, 6) is 0. The molecule has 0 atom stereocenters. The Morgan fingerprint density at radius 1 is 1.15 bits per heavy atom. The van der Waals surface area contributed by atoms with Crippen molar-refractivity contribution in [2.45, 2.75) is 44.7 Å². The van der Waals surface area contributed by atoms with Crippen molar-refractivity contribution in [3.05, 3.63) is 47.5 Å². The van der Waals surface area contributed by atoms with Gasteiger partial charge >= 0.3 is 0 Å². The van der Waals surface area contributed by atoms with Crippen molar-refractivity contribution in [3.8, 4) is 0 Å². The van der Waals surface area contributed by atoms with Gasteiger partial charge in [0.1, 0.15) is 0 Å². The molecule has 1 N–H and O–H groups in total. The second-order valence-electron chi connectivity index (χ2n) is 6.18. The summed E-state index contributed by atoms with van der Waals surface area (Å²) in [5.41, 5.74) is 3.06. The molecule has 0 saturated heterocycles. The van der Waals surface area contributed by atoms with Crippen LogP contribution in [0.2, 0.25) is 0 Å². The van der Waals surface area contributed by atoms with Crippen LogP contribution in [-0.4, -0.2) is 30.6 Å². The molecule has 1 aromatic carbocycles. The van der Waals surface area contributed by atoms with E-state index in [4.69, 9.17) is 0 Å². The van der Waals surface area contributed by atoms with E-state index in [9.17, 15) is 0 Å². The van der Waals surface area contributed by atoms with Crippen molar-refractivity contribution in [1.29, 1.82) is 0 Å². The van der Waals surface area contributed by atoms with Crippen LogP contribution in [0.1, 0.15) is 37.7 Å². The van der Waals surface area contributed by atoms with Crippen LogP contribution in [0.5, 0.6) is 0 Å². The fourth-order valence-electron chi connectivity index (χ4n) is 3.09. The Morgan fingerprint density at radius 3 is 2.75 bits per heavy atom. The summed E-state index contributed by atoms with van der Waals surface area (Å²) in [6.45, 7) is 4.61. The van der Waals surface area contributed by atoms with Crippen molar-refractivity contribution >= 4 is 0 Å². The van der Waals surface area contributed by atoms with Crippen LogP contribution < -0.4 is 5.32 Å². The van der Waals surface area contributed by atoms with Gasteiger partial charge in [-0.3, -0.25) is 4.90 Å². The third kappa shape index (κ3) is 3.94. The highest BCUT2D eigenvalue weighted by Gasteiger charge is 2.17. The first kappa shape index (κ1) is 13.8. The predicted molar refractivity (Wildman–Crippen MR) is 84.7 cm³/mol. The number of benzene rings is 1. The predicted octanol–water partition coefficient (Wildman–Crippen LogP) is 3.35. The molecule has 0 spiro atoms. The molecule has 2 aliphatic rings. The normalized spacial score (nSPS) is 20.5. The number of hydrogen-bond acceptors (Lipinski definition) is 2. The maximum atomic E-state index is 3.67. The van der Waals surface area contributed by atoms with Crippen LogP contribution in [0, 0.1) is 0 Å². The lowest BCUT2D eigenvalue weighted by atomic mass is 9.93. The van der Waals surface area contributed by atoms with Crippen molar-refractivity contribution in [1.82, 2.24) is 10.2 Å². The molecule has 20 heavy (non-hydrogen) atoms. The number of nitrogens with zero attached hydrogens (tertiary/aromatic N) is 1. The highest BCUT2D eigenvalue weighted by atomic mass is 15.1. The third-order valence-electron chi connectivity index (χ3n) is 4.54. The quantitative estimate of drug-likeness (QED) is 0.798. The highest BCUT2D eigenvalue weighted by Crippen LogP contribution is 2.19.